The average Bonchev–Trinajstić information content (AvgIpc) is 3.15. The zero-order valence-corrected chi connectivity index (χ0v) is 12.7. The zero-order valence-electron chi connectivity index (χ0n) is 12.0. The Morgan fingerprint density at radius 3 is 2.58 bits per heavy atom. The fourth-order valence-electron chi connectivity index (χ4n) is 3.09. The third-order valence-electron chi connectivity index (χ3n) is 4.73. The van der Waals surface area contributed by atoms with E-state index in [0.29, 0.717) is 0 Å². The van der Waals surface area contributed by atoms with Gasteiger partial charge in [0, 0.05) is 12.6 Å². The minimum atomic E-state index is 0.796. The van der Waals surface area contributed by atoms with Gasteiger partial charge in [-0.3, -0.25) is 4.68 Å². The SMILES string of the molecule is CCn1nc(C)c(Cl)c1CC1CCC1CNC1CC1. The van der Waals surface area contributed by atoms with Gasteiger partial charge in [-0.25, -0.2) is 0 Å². The number of hydrogen-bond donors (Lipinski definition) is 1. The predicted molar refractivity (Wildman–Crippen MR) is 78.6 cm³/mol. The summed E-state index contributed by atoms with van der Waals surface area (Å²) in [6.45, 7) is 6.26. The van der Waals surface area contributed by atoms with Crippen molar-refractivity contribution in [3.8, 4) is 0 Å². The number of nitrogens with one attached hydrogen (secondary N) is 1. The van der Waals surface area contributed by atoms with Crippen LogP contribution in [0.4, 0.5) is 0 Å². The second kappa shape index (κ2) is 5.45. The van der Waals surface area contributed by atoms with Gasteiger partial charge < -0.3 is 5.32 Å². The van der Waals surface area contributed by atoms with Gasteiger partial charge >= 0.3 is 0 Å². The molecule has 4 heteroatoms. The van der Waals surface area contributed by atoms with Gasteiger partial charge in [-0.1, -0.05) is 11.6 Å². The van der Waals surface area contributed by atoms with Crippen LogP contribution in [0.5, 0.6) is 0 Å². The van der Waals surface area contributed by atoms with Crippen molar-refractivity contribution in [1.29, 1.82) is 0 Å². The molecular formula is C15H24ClN3. The third-order valence-corrected chi connectivity index (χ3v) is 5.22. The van der Waals surface area contributed by atoms with E-state index in [-0.39, 0.29) is 0 Å². The molecule has 0 amide bonds. The molecule has 2 atom stereocenters. The first kappa shape index (κ1) is 13.4. The van der Waals surface area contributed by atoms with Crippen LogP contribution >= 0.6 is 11.6 Å². The normalized spacial score (nSPS) is 26.5. The molecule has 19 heavy (non-hydrogen) atoms. The van der Waals surface area contributed by atoms with Gasteiger partial charge in [0.15, 0.2) is 0 Å². The third kappa shape index (κ3) is 2.82. The minimum Gasteiger partial charge on any atom is -0.314 e. The van der Waals surface area contributed by atoms with Crippen molar-refractivity contribution in [2.24, 2.45) is 11.8 Å². The highest BCUT2D eigenvalue weighted by Gasteiger charge is 2.33. The summed E-state index contributed by atoms with van der Waals surface area (Å²) in [6, 6.07) is 0.827. The largest absolute Gasteiger partial charge is 0.314 e. The fraction of sp³-hybridized carbons (Fsp3) is 0.800. The maximum atomic E-state index is 6.40. The fourth-order valence-corrected chi connectivity index (χ4v) is 3.31. The van der Waals surface area contributed by atoms with Crippen molar-refractivity contribution in [3.63, 3.8) is 0 Å². The molecule has 0 spiro atoms. The van der Waals surface area contributed by atoms with Crippen LogP contribution in [-0.2, 0) is 13.0 Å². The molecule has 2 aliphatic carbocycles. The monoisotopic (exact) mass is 281 g/mol. The van der Waals surface area contributed by atoms with Crippen LogP contribution in [0.3, 0.4) is 0 Å². The van der Waals surface area contributed by atoms with Crippen LogP contribution < -0.4 is 5.32 Å². The minimum absolute atomic E-state index is 0.796. The van der Waals surface area contributed by atoms with E-state index in [1.54, 1.807) is 0 Å². The van der Waals surface area contributed by atoms with Gasteiger partial charge in [0.25, 0.3) is 0 Å². The zero-order chi connectivity index (χ0) is 13.4. The molecule has 2 unspecified atom stereocenters. The van der Waals surface area contributed by atoms with Gasteiger partial charge in [-0.2, -0.15) is 5.10 Å². The van der Waals surface area contributed by atoms with Crippen molar-refractivity contribution >= 4 is 11.6 Å². The summed E-state index contributed by atoms with van der Waals surface area (Å²) < 4.78 is 2.08. The first-order valence-electron chi connectivity index (χ1n) is 7.64. The van der Waals surface area contributed by atoms with E-state index in [9.17, 15) is 0 Å². The molecule has 2 fully saturated rings. The van der Waals surface area contributed by atoms with E-state index >= 15 is 0 Å². The maximum Gasteiger partial charge on any atom is 0.0847 e. The van der Waals surface area contributed by atoms with Crippen LogP contribution in [-0.4, -0.2) is 22.4 Å². The summed E-state index contributed by atoms with van der Waals surface area (Å²) in [7, 11) is 0. The number of aryl methyl sites for hydroxylation is 2. The number of nitrogens with zero attached hydrogens (tertiary/aromatic N) is 2. The van der Waals surface area contributed by atoms with E-state index < -0.39 is 0 Å². The molecule has 1 aromatic heterocycles. The molecule has 0 aromatic carbocycles. The molecule has 106 valence electrons. The van der Waals surface area contributed by atoms with E-state index in [1.807, 2.05) is 6.92 Å². The average molecular weight is 282 g/mol. The highest BCUT2D eigenvalue weighted by atomic mass is 35.5. The lowest BCUT2D eigenvalue weighted by Gasteiger charge is -2.37. The quantitative estimate of drug-likeness (QED) is 0.868. The predicted octanol–water partition coefficient (Wildman–Crippen LogP) is 3.19. The standard InChI is InChI=1S/C15H24ClN3/c1-3-19-14(15(16)10(2)18-19)8-11-4-5-12(11)9-17-13-6-7-13/h11-13,17H,3-9H2,1-2H3. The number of aromatic nitrogens is 2. The van der Waals surface area contributed by atoms with Crippen LogP contribution in [0, 0.1) is 18.8 Å². The summed E-state index contributed by atoms with van der Waals surface area (Å²) in [5.41, 5.74) is 2.23. The molecular weight excluding hydrogens is 258 g/mol. The Labute approximate surface area is 120 Å². The smallest absolute Gasteiger partial charge is 0.0847 e. The van der Waals surface area contributed by atoms with Gasteiger partial charge in [0.2, 0.25) is 0 Å². The van der Waals surface area contributed by atoms with Crippen LogP contribution in [0.15, 0.2) is 0 Å². The summed E-state index contributed by atoms with van der Waals surface area (Å²) in [4.78, 5) is 0. The molecule has 0 aliphatic heterocycles. The Bertz CT molecular complexity index is 450. The summed E-state index contributed by atoms with van der Waals surface area (Å²) in [6.07, 6.45) is 6.59. The molecule has 2 saturated carbocycles. The van der Waals surface area contributed by atoms with Crippen LogP contribution in [0.25, 0.3) is 0 Å². The Kier molecular flexibility index (Phi) is 3.86. The second-order valence-electron chi connectivity index (χ2n) is 6.15. The van der Waals surface area contributed by atoms with Crippen LogP contribution in [0.1, 0.15) is 44.0 Å². The molecule has 3 rings (SSSR count). The molecule has 0 bridgehead atoms. The number of hydrogen-bond acceptors (Lipinski definition) is 2. The Balaban J connectivity index is 1.60. The lowest BCUT2D eigenvalue weighted by molar-refractivity contribution is 0.167. The van der Waals surface area contributed by atoms with Crippen molar-refractivity contribution in [2.45, 2.75) is 58.5 Å². The molecule has 1 N–H and O–H groups in total. The van der Waals surface area contributed by atoms with Crippen LogP contribution in [0.2, 0.25) is 5.02 Å². The highest BCUT2D eigenvalue weighted by molar-refractivity contribution is 6.31. The van der Waals surface area contributed by atoms with E-state index in [4.69, 9.17) is 11.6 Å². The lowest BCUT2D eigenvalue weighted by atomic mass is 9.71. The molecule has 0 saturated heterocycles. The van der Waals surface area contributed by atoms with Gasteiger partial charge in [-0.05, 0) is 64.3 Å². The van der Waals surface area contributed by atoms with Crippen molar-refractivity contribution in [3.05, 3.63) is 16.4 Å². The summed E-state index contributed by atoms with van der Waals surface area (Å²) in [5.74, 6) is 1.64. The first-order chi connectivity index (χ1) is 9.19. The van der Waals surface area contributed by atoms with Crippen molar-refractivity contribution in [1.82, 2.24) is 15.1 Å². The Hall–Kier alpha value is -0.540. The molecule has 0 radical (unpaired) electrons. The molecule has 2 aliphatic rings. The summed E-state index contributed by atoms with van der Waals surface area (Å²) >= 11 is 6.40. The number of rotatable bonds is 6. The van der Waals surface area contributed by atoms with Gasteiger partial charge in [-0.15, -0.1) is 0 Å². The Morgan fingerprint density at radius 2 is 2.00 bits per heavy atom. The molecule has 1 aromatic rings. The van der Waals surface area contributed by atoms with E-state index in [2.05, 4.69) is 22.0 Å². The van der Waals surface area contributed by atoms with Gasteiger partial charge in [0.05, 0.1) is 16.4 Å². The number of halogens is 1. The molecule has 3 nitrogen and oxygen atoms in total. The van der Waals surface area contributed by atoms with Crippen molar-refractivity contribution < 1.29 is 0 Å². The second-order valence-corrected chi connectivity index (χ2v) is 6.52. The Morgan fingerprint density at radius 1 is 1.26 bits per heavy atom. The molecule has 1 heterocycles. The maximum absolute atomic E-state index is 6.40. The highest BCUT2D eigenvalue weighted by Crippen LogP contribution is 2.38. The lowest BCUT2D eigenvalue weighted by Crippen LogP contribution is -2.37. The summed E-state index contributed by atoms with van der Waals surface area (Å²) in [5, 5.41) is 9.08. The van der Waals surface area contributed by atoms with E-state index in [1.165, 1.54) is 37.9 Å². The topological polar surface area (TPSA) is 29.9 Å². The van der Waals surface area contributed by atoms with E-state index in [0.717, 1.165) is 41.6 Å². The van der Waals surface area contributed by atoms with Gasteiger partial charge in [0.1, 0.15) is 0 Å². The van der Waals surface area contributed by atoms with Crippen molar-refractivity contribution in [2.75, 3.05) is 6.54 Å². The first-order valence-corrected chi connectivity index (χ1v) is 8.02.